The van der Waals surface area contributed by atoms with Crippen LogP contribution in [0.2, 0.25) is 5.02 Å². The maximum atomic E-state index is 13.1. The number of amides is 1. The molecule has 0 saturated carbocycles. The predicted molar refractivity (Wildman–Crippen MR) is 116 cm³/mol. The number of carbonyl (C=O) groups excluding carboxylic acids is 1. The highest BCUT2D eigenvalue weighted by Gasteiger charge is 2.27. The smallest absolute Gasteiger partial charge is 0.255 e. The van der Waals surface area contributed by atoms with E-state index in [1.54, 1.807) is 0 Å². The Balaban J connectivity index is 2.21. The van der Waals surface area contributed by atoms with Crippen LogP contribution in [0.25, 0.3) is 0 Å². The molecule has 6 nitrogen and oxygen atoms in total. The molecular weight excluding hydrogens is 410 g/mol. The van der Waals surface area contributed by atoms with Gasteiger partial charge in [-0.2, -0.15) is 9.41 Å². The third-order valence-electron chi connectivity index (χ3n) is 4.24. The minimum atomic E-state index is -3.90. The molecule has 2 aromatic carbocycles. The summed E-state index contributed by atoms with van der Waals surface area (Å²) in [6.07, 6.45) is 2.80. The number of carbonyl (C=O) groups is 1. The Bertz CT molecular complexity index is 929. The largest absolute Gasteiger partial charge is 0.272 e. The molecule has 0 fully saturated rings. The van der Waals surface area contributed by atoms with E-state index in [1.165, 1.54) is 24.3 Å². The second kappa shape index (κ2) is 11.1. The average Bonchev–Trinajstić information content (AvgIpc) is 2.71. The number of nitrogens with one attached hydrogen (secondary N) is 1. The van der Waals surface area contributed by atoms with Crippen molar-refractivity contribution in [1.29, 1.82) is 0 Å². The van der Waals surface area contributed by atoms with Gasteiger partial charge in [-0.3, -0.25) is 4.79 Å². The minimum Gasteiger partial charge on any atom is -0.272 e. The lowest BCUT2D eigenvalue weighted by molar-refractivity contribution is -0.121. The Morgan fingerprint density at radius 1 is 1.10 bits per heavy atom. The molecule has 29 heavy (non-hydrogen) atoms. The van der Waals surface area contributed by atoms with Gasteiger partial charge in [-0.25, -0.2) is 13.8 Å². The number of nitrogens with zero attached hydrogens (tertiary/aromatic N) is 2. The lowest BCUT2D eigenvalue weighted by atomic mass is 10.2. The number of rotatable bonds is 10. The molecule has 1 amide bonds. The Kier molecular flexibility index (Phi) is 8.82. The number of hydrazone groups is 1. The van der Waals surface area contributed by atoms with Gasteiger partial charge in [0.15, 0.2) is 0 Å². The number of unbranched alkanes of at least 4 members (excludes halogenated alkanes) is 1. The summed E-state index contributed by atoms with van der Waals surface area (Å²) in [5.74, 6) is -0.491. The van der Waals surface area contributed by atoms with Gasteiger partial charge in [0.1, 0.15) is 0 Å². The number of hydrogen-bond acceptors (Lipinski definition) is 4. The molecule has 0 spiro atoms. The normalized spacial score (nSPS) is 12.2. The molecule has 0 radical (unpaired) electrons. The molecule has 0 bridgehead atoms. The van der Waals surface area contributed by atoms with Crippen LogP contribution >= 0.6 is 11.6 Å². The highest BCUT2D eigenvalue weighted by molar-refractivity contribution is 7.89. The van der Waals surface area contributed by atoms with Crippen LogP contribution in [0.1, 0.15) is 38.7 Å². The van der Waals surface area contributed by atoms with Gasteiger partial charge < -0.3 is 0 Å². The van der Waals surface area contributed by atoms with Crippen molar-refractivity contribution in [2.24, 2.45) is 5.10 Å². The summed E-state index contributed by atoms with van der Waals surface area (Å²) >= 11 is 5.88. The van der Waals surface area contributed by atoms with E-state index in [9.17, 15) is 13.2 Å². The zero-order chi connectivity index (χ0) is 21.3. The monoisotopic (exact) mass is 435 g/mol. The Morgan fingerprint density at radius 2 is 1.76 bits per heavy atom. The highest BCUT2D eigenvalue weighted by Crippen LogP contribution is 2.20. The SMILES string of the molecule is CCCC/C(C)=N\NC(=O)CN(Cc1ccccc1)S(=O)(=O)c1ccc(Cl)cc1. The van der Waals surface area contributed by atoms with Crippen LogP contribution < -0.4 is 5.43 Å². The molecule has 8 heteroatoms. The predicted octanol–water partition coefficient (Wildman–Crippen LogP) is 4.21. The molecule has 1 N–H and O–H groups in total. The van der Waals surface area contributed by atoms with Gasteiger partial charge >= 0.3 is 0 Å². The molecule has 0 aromatic heterocycles. The van der Waals surface area contributed by atoms with Crippen LogP contribution in [0.4, 0.5) is 0 Å². The second-order valence-corrected chi connectivity index (χ2v) is 9.07. The van der Waals surface area contributed by atoms with E-state index in [4.69, 9.17) is 11.6 Å². The molecule has 0 unspecified atom stereocenters. The number of halogens is 1. The molecule has 0 aliphatic carbocycles. The van der Waals surface area contributed by atoms with Crippen molar-refractivity contribution >= 4 is 33.2 Å². The first-order valence-electron chi connectivity index (χ1n) is 9.44. The summed E-state index contributed by atoms with van der Waals surface area (Å²) in [4.78, 5) is 12.5. The van der Waals surface area contributed by atoms with E-state index in [0.29, 0.717) is 5.02 Å². The van der Waals surface area contributed by atoms with E-state index >= 15 is 0 Å². The zero-order valence-electron chi connectivity index (χ0n) is 16.6. The van der Waals surface area contributed by atoms with Crippen molar-refractivity contribution in [3.05, 3.63) is 65.2 Å². The van der Waals surface area contributed by atoms with Crippen molar-refractivity contribution in [2.45, 2.75) is 44.6 Å². The van der Waals surface area contributed by atoms with Crippen LogP contribution in [0.3, 0.4) is 0 Å². The number of benzene rings is 2. The Hall–Kier alpha value is -2.22. The van der Waals surface area contributed by atoms with Gasteiger partial charge in [0.05, 0.1) is 11.4 Å². The summed E-state index contributed by atoms with van der Waals surface area (Å²) in [5, 5.41) is 4.50. The molecule has 2 rings (SSSR count). The Morgan fingerprint density at radius 3 is 2.38 bits per heavy atom. The van der Waals surface area contributed by atoms with E-state index in [-0.39, 0.29) is 18.0 Å². The van der Waals surface area contributed by atoms with Crippen molar-refractivity contribution < 1.29 is 13.2 Å². The fourth-order valence-electron chi connectivity index (χ4n) is 2.61. The van der Waals surface area contributed by atoms with E-state index in [2.05, 4.69) is 17.5 Å². The van der Waals surface area contributed by atoms with Gasteiger partial charge in [0, 0.05) is 17.3 Å². The maximum absolute atomic E-state index is 13.1. The molecule has 0 atom stereocenters. The average molecular weight is 436 g/mol. The molecule has 0 aliphatic heterocycles. The maximum Gasteiger partial charge on any atom is 0.255 e. The third kappa shape index (κ3) is 7.27. The van der Waals surface area contributed by atoms with Crippen molar-refractivity contribution in [3.8, 4) is 0 Å². The van der Waals surface area contributed by atoms with Gasteiger partial charge in [0.2, 0.25) is 10.0 Å². The summed E-state index contributed by atoms with van der Waals surface area (Å²) in [6, 6.07) is 15.0. The quantitative estimate of drug-likeness (QED) is 0.448. The van der Waals surface area contributed by atoms with Gasteiger partial charge in [-0.05, 0) is 49.6 Å². The fraction of sp³-hybridized carbons (Fsp3) is 0.333. The Labute approximate surface area is 177 Å². The fourth-order valence-corrected chi connectivity index (χ4v) is 4.12. The van der Waals surface area contributed by atoms with Crippen LogP contribution in [-0.2, 0) is 21.4 Å². The first-order valence-corrected chi connectivity index (χ1v) is 11.3. The summed E-state index contributed by atoms with van der Waals surface area (Å²) in [6.45, 7) is 3.64. The zero-order valence-corrected chi connectivity index (χ0v) is 18.2. The highest BCUT2D eigenvalue weighted by atomic mass is 35.5. The van der Waals surface area contributed by atoms with E-state index in [1.807, 2.05) is 37.3 Å². The number of sulfonamides is 1. The van der Waals surface area contributed by atoms with Crippen molar-refractivity contribution in [1.82, 2.24) is 9.73 Å². The standard InChI is InChI=1S/C21H26ClN3O3S/c1-3-4-8-17(2)23-24-21(26)16-25(15-18-9-6-5-7-10-18)29(27,28)20-13-11-19(22)12-14-20/h5-7,9-14H,3-4,8,15-16H2,1-2H3,(H,24,26)/b23-17-. The van der Waals surface area contributed by atoms with Crippen LogP contribution in [0, 0.1) is 0 Å². The topological polar surface area (TPSA) is 78.8 Å². The third-order valence-corrected chi connectivity index (χ3v) is 6.29. The molecule has 0 aliphatic rings. The molecular formula is C21H26ClN3O3S. The summed E-state index contributed by atoms with van der Waals surface area (Å²) in [7, 11) is -3.90. The first kappa shape index (κ1) is 23.1. The minimum absolute atomic E-state index is 0.0672. The van der Waals surface area contributed by atoms with Crippen LogP contribution in [-0.4, -0.2) is 30.9 Å². The van der Waals surface area contributed by atoms with Gasteiger partial charge in [-0.15, -0.1) is 0 Å². The van der Waals surface area contributed by atoms with Gasteiger partial charge in [0.25, 0.3) is 5.91 Å². The van der Waals surface area contributed by atoms with Gasteiger partial charge in [-0.1, -0.05) is 55.3 Å². The summed E-state index contributed by atoms with van der Waals surface area (Å²) < 4.78 is 27.4. The van der Waals surface area contributed by atoms with Crippen LogP contribution in [0.5, 0.6) is 0 Å². The molecule has 0 saturated heterocycles. The lowest BCUT2D eigenvalue weighted by Gasteiger charge is -2.21. The van der Waals surface area contributed by atoms with E-state index in [0.717, 1.165) is 34.8 Å². The van der Waals surface area contributed by atoms with E-state index < -0.39 is 15.9 Å². The van der Waals surface area contributed by atoms with Crippen molar-refractivity contribution in [3.63, 3.8) is 0 Å². The first-order chi connectivity index (χ1) is 13.8. The molecule has 156 valence electrons. The van der Waals surface area contributed by atoms with Crippen molar-refractivity contribution in [2.75, 3.05) is 6.54 Å². The lowest BCUT2D eigenvalue weighted by Crippen LogP contribution is -2.39. The second-order valence-electron chi connectivity index (χ2n) is 6.70. The van der Waals surface area contributed by atoms with Crippen LogP contribution in [0.15, 0.2) is 64.6 Å². The molecule has 0 heterocycles. The number of hydrogen-bond donors (Lipinski definition) is 1. The summed E-state index contributed by atoms with van der Waals surface area (Å²) in [5.41, 5.74) is 4.04. The molecule has 2 aromatic rings.